The molecule has 112 valence electrons. The van der Waals surface area contributed by atoms with Crippen molar-refractivity contribution in [1.82, 2.24) is 0 Å². The van der Waals surface area contributed by atoms with Crippen molar-refractivity contribution in [3.63, 3.8) is 0 Å². The lowest BCUT2D eigenvalue weighted by molar-refractivity contribution is 0.332. The number of thiol groups is 1. The fraction of sp³-hybridized carbons (Fsp3) is 0.667. The molecule has 1 aliphatic carbocycles. The van der Waals surface area contributed by atoms with Crippen LogP contribution in [0.2, 0.25) is 0 Å². The van der Waals surface area contributed by atoms with Gasteiger partial charge in [0.25, 0.3) is 0 Å². The van der Waals surface area contributed by atoms with Crippen LogP contribution in [0.4, 0.5) is 0 Å². The maximum absolute atomic E-state index is 4.68. The van der Waals surface area contributed by atoms with Crippen molar-refractivity contribution in [2.75, 3.05) is 11.5 Å². The van der Waals surface area contributed by atoms with Crippen molar-refractivity contribution in [3.05, 3.63) is 34.9 Å². The molecule has 0 saturated heterocycles. The molecule has 1 fully saturated rings. The van der Waals surface area contributed by atoms with Gasteiger partial charge in [0, 0.05) is 11.5 Å². The van der Waals surface area contributed by atoms with Gasteiger partial charge < -0.3 is 0 Å². The second-order valence-electron chi connectivity index (χ2n) is 6.56. The van der Waals surface area contributed by atoms with Gasteiger partial charge in [-0.2, -0.15) is 24.4 Å². The largest absolute Gasteiger partial charge is 0.179 e. The van der Waals surface area contributed by atoms with Gasteiger partial charge in [-0.3, -0.25) is 0 Å². The predicted octanol–water partition coefficient (Wildman–Crippen LogP) is 5.81. The van der Waals surface area contributed by atoms with E-state index in [9.17, 15) is 0 Å². The Bertz CT molecular complexity index is 397. The summed E-state index contributed by atoms with van der Waals surface area (Å²) in [4.78, 5) is 0. The first-order valence-electron chi connectivity index (χ1n) is 7.89. The topological polar surface area (TPSA) is 0 Å². The molecule has 0 unspecified atom stereocenters. The predicted molar refractivity (Wildman–Crippen MR) is 96.1 cm³/mol. The van der Waals surface area contributed by atoms with Crippen molar-refractivity contribution < 1.29 is 0 Å². The van der Waals surface area contributed by atoms with Gasteiger partial charge in [0.2, 0.25) is 0 Å². The fourth-order valence-electron chi connectivity index (χ4n) is 3.36. The monoisotopic (exact) mass is 308 g/mol. The van der Waals surface area contributed by atoms with Crippen molar-refractivity contribution in [3.8, 4) is 0 Å². The molecule has 0 heterocycles. The number of hydrogen-bond donors (Lipinski definition) is 1. The third-order valence-corrected chi connectivity index (χ3v) is 6.48. The molecule has 0 bridgehead atoms. The first kappa shape index (κ1) is 16.3. The van der Waals surface area contributed by atoms with E-state index in [4.69, 9.17) is 0 Å². The lowest BCUT2D eigenvalue weighted by Crippen LogP contribution is -2.25. The van der Waals surface area contributed by atoms with E-state index in [-0.39, 0.29) is 0 Å². The number of aryl methyl sites for hydroxylation is 2. The van der Waals surface area contributed by atoms with Gasteiger partial charge in [0.05, 0.1) is 0 Å². The number of thioether (sulfide) groups is 1. The maximum Gasteiger partial charge on any atom is 0.0184 e. The quantitative estimate of drug-likeness (QED) is 0.529. The molecule has 0 aromatic heterocycles. The molecule has 0 radical (unpaired) electrons. The van der Waals surface area contributed by atoms with Crippen LogP contribution in [-0.2, 0) is 5.75 Å². The first-order valence-corrected chi connectivity index (χ1v) is 9.68. The minimum Gasteiger partial charge on any atom is -0.179 e. The highest BCUT2D eigenvalue weighted by molar-refractivity contribution is 7.98. The minimum atomic E-state index is 0.503. The number of benzene rings is 1. The number of hydrogen-bond acceptors (Lipinski definition) is 2. The van der Waals surface area contributed by atoms with Gasteiger partial charge in [-0.1, -0.05) is 55.0 Å². The van der Waals surface area contributed by atoms with Crippen molar-refractivity contribution in [2.24, 2.45) is 5.41 Å². The highest BCUT2D eigenvalue weighted by Gasteiger charge is 2.29. The Morgan fingerprint density at radius 1 is 1.00 bits per heavy atom. The van der Waals surface area contributed by atoms with Crippen LogP contribution in [-0.4, -0.2) is 11.5 Å². The van der Waals surface area contributed by atoms with Crippen molar-refractivity contribution in [1.29, 1.82) is 0 Å². The van der Waals surface area contributed by atoms with Crippen LogP contribution in [0.5, 0.6) is 0 Å². The van der Waals surface area contributed by atoms with Crippen molar-refractivity contribution >= 4 is 24.4 Å². The molecule has 0 aliphatic heterocycles. The lowest BCUT2D eigenvalue weighted by atomic mass is 9.84. The van der Waals surface area contributed by atoms with E-state index in [1.54, 1.807) is 0 Å². The van der Waals surface area contributed by atoms with Gasteiger partial charge in [0.1, 0.15) is 0 Å². The molecule has 2 rings (SSSR count). The molecule has 0 spiro atoms. The summed E-state index contributed by atoms with van der Waals surface area (Å²) in [5.74, 6) is 3.49. The summed E-state index contributed by atoms with van der Waals surface area (Å²) in [6, 6.07) is 6.93. The van der Waals surface area contributed by atoms with Crippen LogP contribution in [0, 0.1) is 19.3 Å². The van der Waals surface area contributed by atoms with Gasteiger partial charge in [-0.15, -0.1) is 0 Å². The molecular formula is C18H28S2. The average Bonchev–Trinajstić information content (AvgIpc) is 2.64. The Morgan fingerprint density at radius 3 is 2.15 bits per heavy atom. The third-order valence-electron chi connectivity index (χ3n) is 4.46. The summed E-state index contributed by atoms with van der Waals surface area (Å²) < 4.78 is 0. The van der Waals surface area contributed by atoms with Gasteiger partial charge in [-0.25, -0.2) is 0 Å². The standard InChI is InChI=1S/C18H28S2/c1-15-9-16(2)11-17(10-15)12-20-14-18(13-19)7-5-3-4-6-8-18/h9-11,19H,3-8,12-14H2,1-2H3. The Morgan fingerprint density at radius 2 is 1.60 bits per heavy atom. The van der Waals surface area contributed by atoms with Crippen LogP contribution in [0.3, 0.4) is 0 Å². The molecule has 1 aliphatic rings. The van der Waals surface area contributed by atoms with E-state index >= 15 is 0 Å². The zero-order valence-corrected chi connectivity index (χ0v) is 14.7. The van der Waals surface area contributed by atoms with E-state index in [1.807, 2.05) is 0 Å². The Kier molecular flexibility index (Phi) is 6.35. The minimum absolute atomic E-state index is 0.503. The van der Waals surface area contributed by atoms with E-state index < -0.39 is 0 Å². The molecule has 0 atom stereocenters. The Hall–Kier alpha value is -0.0800. The Balaban J connectivity index is 1.89. The zero-order valence-electron chi connectivity index (χ0n) is 13.0. The summed E-state index contributed by atoms with van der Waals surface area (Å²) in [5, 5.41) is 0. The van der Waals surface area contributed by atoms with Crippen LogP contribution < -0.4 is 0 Å². The van der Waals surface area contributed by atoms with E-state index in [2.05, 4.69) is 56.4 Å². The molecule has 2 heteroatoms. The second-order valence-corrected chi connectivity index (χ2v) is 7.86. The summed E-state index contributed by atoms with van der Waals surface area (Å²) in [6.45, 7) is 4.39. The fourth-order valence-corrected chi connectivity index (χ4v) is 5.27. The van der Waals surface area contributed by atoms with E-state index in [0.29, 0.717) is 5.41 Å². The molecule has 0 nitrogen and oxygen atoms in total. The van der Waals surface area contributed by atoms with Crippen LogP contribution in [0.1, 0.15) is 55.2 Å². The SMILES string of the molecule is Cc1cc(C)cc(CSCC2(CS)CCCCCC2)c1. The Labute approximate surface area is 134 Å². The van der Waals surface area contributed by atoms with Crippen LogP contribution in [0.15, 0.2) is 18.2 Å². The zero-order chi connectivity index (χ0) is 14.4. The normalized spacial score (nSPS) is 18.8. The van der Waals surface area contributed by atoms with E-state index in [0.717, 1.165) is 11.5 Å². The molecule has 1 aromatic rings. The smallest absolute Gasteiger partial charge is 0.0184 e. The average molecular weight is 309 g/mol. The summed E-state index contributed by atoms with van der Waals surface area (Å²) in [7, 11) is 0. The van der Waals surface area contributed by atoms with Gasteiger partial charge in [0.15, 0.2) is 0 Å². The second kappa shape index (κ2) is 7.79. The molecule has 0 amide bonds. The maximum atomic E-state index is 4.68. The van der Waals surface area contributed by atoms with Gasteiger partial charge in [-0.05, 0) is 43.4 Å². The van der Waals surface area contributed by atoms with Crippen LogP contribution in [0.25, 0.3) is 0 Å². The highest BCUT2D eigenvalue weighted by atomic mass is 32.2. The highest BCUT2D eigenvalue weighted by Crippen LogP contribution is 2.39. The van der Waals surface area contributed by atoms with Crippen LogP contribution >= 0.6 is 24.4 Å². The van der Waals surface area contributed by atoms with Crippen molar-refractivity contribution in [2.45, 2.75) is 58.1 Å². The molecule has 1 aromatic carbocycles. The molecular weight excluding hydrogens is 280 g/mol. The lowest BCUT2D eigenvalue weighted by Gasteiger charge is -2.30. The van der Waals surface area contributed by atoms with E-state index in [1.165, 1.54) is 61.0 Å². The molecule has 20 heavy (non-hydrogen) atoms. The first-order chi connectivity index (χ1) is 9.63. The summed E-state index contributed by atoms with van der Waals surface area (Å²) in [5.41, 5.74) is 4.76. The summed E-state index contributed by atoms with van der Waals surface area (Å²) >= 11 is 6.79. The van der Waals surface area contributed by atoms with Gasteiger partial charge >= 0.3 is 0 Å². The third kappa shape index (κ3) is 4.73. The number of rotatable bonds is 5. The molecule has 0 N–H and O–H groups in total. The molecule has 1 saturated carbocycles. The summed E-state index contributed by atoms with van der Waals surface area (Å²) in [6.07, 6.45) is 8.44.